The van der Waals surface area contributed by atoms with Crippen LogP contribution in [-0.4, -0.2) is 12.3 Å². The van der Waals surface area contributed by atoms with Crippen LogP contribution in [0, 0.1) is 5.92 Å². The second-order valence-corrected chi connectivity index (χ2v) is 6.94. The molecule has 0 saturated heterocycles. The second kappa shape index (κ2) is 8.82. The van der Waals surface area contributed by atoms with Crippen molar-refractivity contribution in [3.8, 4) is 0 Å². The maximum absolute atomic E-state index is 5.75. The predicted molar refractivity (Wildman–Crippen MR) is 99.2 cm³/mol. The van der Waals surface area contributed by atoms with Crippen LogP contribution in [0.1, 0.15) is 31.4 Å². The Morgan fingerprint density at radius 2 is 1.64 bits per heavy atom. The first-order valence-electron chi connectivity index (χ1n) is 7.89. The maximum atomic E-state index is 5.75. The smallest absolute Gasteiger partial charge is 0.0116 e. The van der Waals surface area contributed by atoms with Gasteiger partial charge in [0.15, 0.2) is 0 Å². The van der Waals surface area contributed by atoms with Gasteiger partial charge in [-0.3, -0.25) is 0 Å². The van der Waals surface area contributed by atoms with Gasteiger partial charge in [0.05, 0.1) is 0 Å². The Hall–Kier alpha value is -1.51. The summed E-state index contributed by atoms with van der Waals surface area (Å²) in [5.41, 5.74) is 9.40. The van der Waals surface area contributed by atoms with Crippen LogP contribution in [0.15, 0.2) is 65.6 Å². The Kier molecular flexibility index (Phi) is 6.75. The van der Waals surface area contributed by atoms with Gasteiger partial charge >= 0.3 is 0 Å². The number of nitrogens with two attached hydrogens (primary N) is 1. The highest BCUT2D eigenvalue weighted by molar-refractivity contribution is 7.99. The summed E-state index contributed by atoms with van der Waals surface area (Å²) in [6.07, 6.45) is 3.35. The van der Waals surface area contributed by atoms with E-state index < -0.39 is 0 Å². The lowest BCUT2D eigenvalue weighted by atomic mass is 9.98. The van der Waals surface area contributed by atoms with E-state index in [1.54, 1.807) is 0 Å². The summed E-state index contributed by atoms with van der Waals surface area (Å²) in [6.45, 7) is 5.09. The molecule has 1 nitrogen and oxygen atoms in total. The average Bonchev–Trinajstić information content (AvgIpc) is 2.54. The monoisotopic (exact) mass is 311 g/mol. The molecule has 2 N–H and O–H groups in total. The summed E-state index contributed by atoms with van der Waals surface area (Å²) in [5, 5.41) is 0. The van der Waals surface area contributed by atoms with Gasteiger partial charge in [-0.15, -0.1) is 11.8 Å². The Bertz CT molecular complexity index is 585. The van der Waals surface area contributed by atoms with Crippen molar-refractivity contribution < 1.29 is 0 Å². The van der Waals surface area contributed by atoms with Crippen molar-refractivity contribution in [1.29, 1.82) is 0 Å². The first kappa shape index (κ1) is 16.9. The molecule has 0 atom stereocenters. The SMILES string of the molecule is CC(C)CCSc1ccc(C(=CCN)c2ccccc2)cc1. The highest BCUT2D eigenvalue weighted by Gasteiger charge is 2.05. The molecule has 0 saturated carbocycles. The third kappa shape index (κ3) is 5.04. The summed E-state index contributed by atoms with van der Waals surface area (Å²) >= 11 is 1.93. The maximum Gasteiger partial charge on any atom is 0.0116 e. The third-order valence-corrected chi connectivity index (χ3v) is 4.58. The van der Waals surface area contributed by atoms with Gasteiger partial charge in [-0.05, 0) is 46.9 Å². The first-order valence-corrected chi connectivity index (χ1v) is 8.88. The normalized spacial score (nSPS) is 11.9. The first-order chi connectivity index (χ1) is 10.7. The van der Waals surface area contributed by atoms with Crippen LogP contribution in [0.2, 0.25) is 0 Å². The molecular weight excluding hydrogens is 286 g/mol. The summed E-state index contributed by atoms with van der Waals surface area (Å²) in [7, 11) is 0. The average molecular weight is 311 g/mol. The molecule has 2 aromatic carbocycles. The minimum Gasteiger partial charge on any atom is -0.327 e. The van der Waals surface area contributed by atoms with E-state index >= 15 is 0 Å². The van der Waals surface area contributed by atoms with Crippen molar-refractivity contribution in [1.82, 2.24) is 0 Å². The summed E-state index contributed by atoms with van der Waals surface area (Å²) in [5.74, 6) is 1.95. The van der Waals surface area contributed by atoms with Crippen LogP contribution in [0.4, 0.5) is 0 Å². The Morgan fingerprint density at radius 1 is 1.00 bits per heavy atom. The lowest BCUT2D eigenvalue weighted by Crippen LogP contribution is -1.97. The van der Waals surface area contributed by atoms with Crippen LogP contribution < -0.4 is 5.73 Å². The van der Waals surface area contributed by atoms with E-state index in [1.807, 2.05) is 17.8 Å². The standard InChI is InChI=1S/C20H25NS/c1-16(2)13-15-22-19-10-8-18(9-11-19)20(12-14-21)17-6-4-3-5-7-17/h3-12,16H,13-15,21H2,1-2H3. The van der Waals surface area contributed by atoms with Gasteiger partial charge in [-0.2, -0.15) is 0 Å². The molecule has 22 heavy (non-hydrogen) atoms. The summed E-state index contributed by atoms with van der Waals surface area (Å²) in [6, 6.07) is 19.3. The zero-order valence-corrected chi connectivity index (χ0v) is 14.3. The topological polar surface area (TPSA) is 26.0 Å². The van der Waals surface area contributed by atoms with Gasteiger partial charge in [0, 0.05) is 11.4 Å². The molecule has 0 spiro atoms. The van der Waals surface area contributed by atoms with Gasteiger partial charge < -0.3 is 5.73 Å². The number of rotatable bonds is 7. The van der Waals surface area contributed by atoms with Crippen molar-refractivity contribution >= 4 is 17.3 Å². The van der Waals surface area contributed by atoms with Gasteiger partial charge in [-0.25, -0.2) is 0 Å². The molecular formula is C20H25NS. The van der Waals surface area contributed by atoms with E-state index in [9.17, 15) is 0 Å². The van der Waals surface area contributed by atoms with Gasteiger partial charge in [0.2, 0.25) is 0 Å². The Balaban J connectivity index is 2.12. The van der Waals surface area contributed by atoms with Crippen molar-refractivity contribution in [2.24, 2.45) is 11.7 Å². The molecule has 0 radical (unpaired) electrons. The van der Waals surface area contributed by atoms with Gasteiger partial charge in [0.1, 0.15) is 0 Å². The minimum absolute atomic E-state index is 0.551. The Morgan fingerprint density at radius 3 is 2.23 bits per heavy atom. The van der Waals surface area contributed by atoms with Crippen LogP contribution in [0.3, 0.4) is 0 Å². The van der Waals surface area contributed by atoms with Crippen LogP contribution in [-0.2, 0) is 0 Å². The molecule has 2 aromatic rings. The minimum atomic E-state index is 0.551. The largest absolute Gasteiger partial charge is 0.327 e. The van der Waals surface area contributed by atoms with E-state index in [1.165, 1.54) is 33.8 Å². The molecule has 0 aliphatic carbocycles. The van der Waals surface area contributed by atoms with Crippen molar-refractivity contribution in [2.45, 2.75) is 25.2 Å². The molecule has 116 valence electrons. The lowest BCUT2D eigenvalue weighted by molar-refractivity contribution is 0.632. The van der Waals surface area contributed by atoms with E-state index in [0.29, 0.717) is 6.54 Å². The Labute approximate surface area is 138 Å². The fourth-order valence-electron chi connectivity index (χ4n) is 2.28. The predicted octanol–water partition coefficient (Wildman–Crippen LogP) is 5.22. The molecule has 0 aromatic heterocycles. The molecule has 2 rings (SSSR count). The van der Waals surface area contributed by atoms with Crippen molar-refractivity contribution in [3.63, 3.8) is 0 Å². The molecule has 0 amide bonds. The van der Waals surface area contributed by atoms with Crippen LogP contribution in [0.25, 0.3) is 5.57 Å². The van der Waals surface area contributed by atoms with Crippen LogP contribution >= 0.6 is 11.8 Å². The van der Waals surface area contributed by atoms with Crippen LogP contribution in [0.5, 0.6) is 0 Å². The molecule has 0 unspecified atom stereocenters. The van der Waals surface area contributed by atoms with E-state index in [4.69, 9.17) is 5.73 Å². The fraction of sp³-hybridized carbons (Fsp3) is 0.300. The molecule has 0 fully saturated rings. The van der Waals surface area contributed by atoms with E-state index in [-0.39, 0.29) is 0 Å². The molecule has 0 aliphatic rings. The fourth-order valence-corrected chi connectivity index (χ4v) is 3.43. The zero-order valence-electron chi connectivity index (χ0n) is 13.5. The highest BCUT2D eigenvalue weighted by atomic mass is 32.2. The zero-order chi connectivity index (χ0) is 15.8. The second-order valence-electron chi connectivity index (χ2n) is 5.77. The summed E-state index contributed by atoms with van der Waals surface area (Å²) in [4.78, 5) is 1.34. The van der Waals surface area contributed by atoms with Crippen molar-refractivity contribution in [3.05, 3.63) is 71.8 Å². The van der Waals surface area contributed by atoms with Gasteiger partial charge in [0.25, 0.3) is 0 Å². The number of benzene rings is 2. The molecule has 0 bridgehead atoms. The molecule has 0 heterocycles. The number of hydrogen-bond acceptors (Lipinski definition) is 2. The molecule has 0 aliphatic heterocycles. The third-order valence-electron chi connectivity index (χ3n) is 3.54. The highest BCUT2D eigenvalue weighted by Crippen LogP contribution is 2.26. The van der Waals surface area contributed by atoms with Crippen molar-refractivity contribution in [2.75, 3.05) is 12.3 Å². The lowest BCUT2D eigenvalue weighted by Gasteiger charge is -2.10. The molecule has 2 heteroatoms. The van der Waals surface area contributed by atoms with E-state index in [2.05, 4.69) is 68.5 Å². The quantitative estimate of drug-likeness (QED) is 0.710. The van der Waals surface area contributed by atoms with Gasteiger partial charge in [-0.1, -0.05) is 62.4 Å². The number of hydrogen-bond donors (Lipinski definition) is 1. The number of thioether (sulfide) groups is 1. The van der Waals surface area contributed by atoms with E-state index in [0.717, 1.165) is 5.92 Å². The summed E-state index contributed by atoms with van der Waals surface area (Å²) < 4.78 is 0.